The van der Waals surface area contributed by atoms with Crippen LogP contribution in [0, 0.1) is 5.82 Å². The molecule has 1 fully saturated rings. The maximum absolute atomic E-state index is 14.2. The molecule has 0 radical (unpaired) electrons. The lowest BCUT2D eigenvalue weighted by molar-refractivity contribution is 0.411. The average molecular weight is 442 g/mol. The summed E-state index contributed by atoms with van der Waals surface area (Å²) in [5, 5.41) is 12.1. The number of imidazole rings is 1. The molecule has 0 amide bonds. The molecular formula is C25H23FN6O. The summed E-state index contributed by atoms with van der Waals surface area (Å²) in [5.41, 5.74) is 5.81. The second-order valence-electron chi connectivity index (χ2n) is 8.42. The molecule has 0 bridgehead atoms. The second kappa shape index (κ2) is 7.97. The highest BCUT2D eigenvalue weighted by molar-refractivity contribution is 5.96. The summed E-state index contributed by atoms with van der Waals surface area (Å²) in [7, 11) is 1.52. The van der Waals surface area contributed by atoms with Crippen LogP contribution in [-0.4, -0.2) is 45.3 Å². The summed E-state index contributed by atoms with van der Waals surface area (Å²) in [6, 6.07) is 13.0. The van der Waals surface area contributed by atoms with E-state index in [1.807, 2.05) is 6.07 Å². The van der Waals surface area contributed by atoms with Gasteiger partial charge in [0, 0.05) is 23.2 Å². The molecule has 1 aliphatic heterocycles. The number of hydrogen-bond acceptors (Lipinski definition) is 5. The molecule has 1 saturated heterocycles. The zero-order valence-corrected chi connectivity index (χ0v) is 18.2. The third kappa shape index (κ3) is 3.52. The quantitative estimate of drug-likeness (QED) is 0.373. The molecule has 7 nitrogen and oxygen atoms in total. The molecule has 0 unspecified atom stereocenters. The van der Waals surface area contributed by atoms with Crippen LogP contribution in [0.1, 0.15) is 24.3 Å². The van der Waals surface area contributed by atoms with Gasteiger partial charge in [-0.25, -0.2) is 14.4 Å². The first kappa shape index (κ1) is 19.9. The van der Waals surface area contributed by atoms with Crippen molar-refractivity contribution in [3.05, 3.63) is 60.0 Å². The number of aromatic nitrogens is 5. The van der Waals surface area contributed by atoms with E-state index in [0.717, 1.165) is 53.6 Å². The van der Waals surface area contributed by atoms with Crippen LogP contribution in [0.3, 0.4) is 0 Å². The van der Waals surface area contributed by atoms with Crippen LogP contribution in [-0.2, 0) is 0 Å². The molecular weight excluding hydrogens is 419 g/mol. The number of hydrogen-bond donors (Lipinski definition) is 3. The molecule has 0 aliphatic carbocycles. The molecule has 5 aromatic rings. The van der Waals surface area contributed by atoms with Crippen molar-refractivity contribution in [1.29, 1.82) is 0 Å². The Morgan fingerprint density at radius 3 is 2.79 bits per heavy atom. The van der Waals surface area contributed by atoms with E-state index in [-0.39, 0.29) is 5.82 Å². The van der Waals surface area contributed by atoms with Crippen molar-refractivity contribution in [1.82, 2.24) is 30.5 Å². The molecule has 2 aromatic carbocycles. The number of rotatable bonds is 4. The van der Waals surface area contributed by atoms with Gasteiger partial charge in [0.05, 0.1) is 18.1 Å². The number of benzene rings is 2. The topological polar surface area (TPSA) is 91.5 Å². The highest BCUT2D eigenvalue weighted by Gasteiger charge is 2.19. The Hall–Kier alpha value is -3.78. The predicted octanol–water partition coefficient (Wildman–Crippen LogP) is 4.78. The summed E-state index contributed by atoms with van der Waals surface area (Å²) in [4.78, 5) is 12.5. The number of halogens is 1. The lowest BCUT2D eigenvalue weighted by atomic mass is 9.89. The first-order valence-electron chi connectivity index (χ1n) is 11.1. The number of H-pyrrole nitrogens is 2. The lowest BCUT2D eigenvalue weighted by Gasteiger charge is -2.23. The molecule has 33 heavy (non-hydrogen) atoms. The molecule has 0 saturated carbocycles. The van der Waals surface area contributed by atoms with Gasteiger partial charge < -0.3 is 15.0 Å². The Labute approximate surface area is 189 Å². The van der Waals surface area contributed by atoms with Crippen molar-refractivity contribution in [2.24, 2.45) is 0 Å². The van der Waals surface area contributed by atoms with Crippen LogP contribution in [0.15, 0.2) is 48.7 Å². The third-order valence-corrected chi connectivity index (χ3v) is 6.43. The highest BCUT2D eigenvalue weighted by Crippen LogP contribution is 2.34. The molecule has 0 atom stereocenters. The van der Waals surface area contributed by atoms with Crippen molar-refractivity contribution in [2.45, 2.75) is 18.8 Å². The van der Waals surface area contributed by atoms with E-state index in [4.69, 9.17) is 9.72 Å². The highest BCUT2D eigenvalue weighted by atomic mass is 19.1. The van der Waals surface area contributed by atoms with Gasteiger partial charge in [0.25, 0.3) is 0 Å². The van der Waals surface area contributed by atoms with Crippen LogP contribution in [0.25, 0.3) is 44.7 Å². The first-order chi connectivity index (χ1) is 16.2. The fourth-order valence-electron chi connectivity index (χ4n) is 4.72. The second-order valence-corrected chi connectivity index (χ2v) is 8.42. The molecule has 166 valence electrons. The van der Waals surface area contributed by atoms with E-state index in [0.29, 0.717) is 28.7 Å². The maximum atomic E-state index is 14.2. The zero-order valence-electron chi connectivity index (χ0n) is 18.2. The SMILES string of the molecule is COc1cc(F)cc(-c2ccnc3nc(-c4n[nH]c5ccc(C6CCNCC6)cc45)[nH]c23)c1. The number of piperidine rings is 1. The van der Waals surface area contributed by atoms with Gasteiger partial charge in [-0.1, -0.05) is 6.07 Å². The van der Waals surface area contributed by atoms with Crippen molar-refractivity contribution in [2.75, 3.05) is 20.2 Å². The van der Waals surface area contributed by atoms with Crippen molar-refractivity contribution < 1.29 is 9.13 Å². The van der Waals surface area contributed by atoms with Gasteiger partial charge in [-0.2, -0.15) is 5.10 Å². The summed E-state index contributed by atoms with van der Waals surface area (Å²) in [5.74, 6) is 1.27. The fourth-order valence-corrected chi connectivity index (χ4v) is 4.72. The van der Waals surface area contributed by atoms with Crippen LogP contribution < -0.4 is 10.1 Å². The largest absolute Gasteiger partial charge is 0.497 e. The van der Waals surface area contributed by atoms with Crippen molar-refractivity contribution in [3.63, 3.8) is 0 Å². The summed E-state index contributed by atoms with van der Waals surface area (Å²) >= 11 is 0. The minimum Gasteiger partial charge on any atom is -0.497 e. The number of nitrogens with one attached hydrogen (secondary N) is 3. The Bertz CT molecular complexity index is 1470. The van der Waals surface area contributed by atoms with Gasteiger partial charge in [-0.15, -0.1) is 0 Å². The smallest absolute Gasteiger partial charge is 0.178 e. The Kier molecular flexibility index (Phi) is 4.80. The molecule has 6 rings (SSSR count). The standard InChI is InChI=1S/C25H23FN6O/c1-33-18-11-16(10-17(26)13-18)19-6-9-28-24-22(19)29-25(30-24)23-20-12-15(2-3-21(20)31-32-23)14-4-7-27-8-5-14/h2-3,6,9-14,27H,4-5,7-8H2,1H3,(H,31,32)(H,28,29,30). The van der Waals surface area contributed by atoms with Crippen molar-refractivity contribution >= 4 is 22.1 Å². The zero-order chi connectivity index (χ0) is 22.4. The van der Waals surface area contributed by atoms with Crippen molar-refractivity contribution in [3.8, 4) is 28.4 Å². The Morgan fingerprint density at radius 2 is 1.94 bits per heavy atom. The van der Waals surface area contributed by atoms with E-state index in [2.05, 4.69) is 43.7 Å². The first-order valence-corrected chi connectivity index (χ1v) is 11.1. The number of pyridine rings is 1. The molecule has 8 heteroatoms. The molecule has 3 N–H and O–H groups in total. The average Bonchev–Trinajstić information content (AvgIpc) is 3.47. The molecule has 4 heterocycles. The van der Waals surface area contributed by atoms with E-state index >= 15 is 0 Å². The minimum atomic E-state index is -0.363. The van der Waals surface area contributed by atoms with Gasteiger partial charge in [-0.3, -0.25) is 5.10 Å². The van der Waals surface area contributed by atoms with E-state index in [9.17, 15) is 4.39 Å². The van der Waals surface area contributed by atoms with Gasteiger partial charge in [0.1, 0.15) is 17.3 Å². The van der Waals surface area contributed by atoms with Gasteiger partial charge in [0.15, 0.2) is 11.5 Å². The number of fused-ring (bicyclic) bond motifs is 2. The number of nitrogens with zero attached hydrogens (tertiary/aromatic N) is 3. The summed E-state index contributed by atoms with van der Waals surface area (Å²) < 4.78 is 19.4. The summed E-state index contributed by atoms with van der Waals surface area (Å²) in [6.07, 6.45) is 3.94. The third-order valence-electron chi connectivity index (χ3n) is 6.43. The number of ether oxygens (including phenoxy) is 1. The van der Waals surface area contributed by atoms with Crippen LogP contribution in [0.5, 0.6) is 5.75 Å². The maximum Gasteiger partial charge on any atom is 0.178 e. The minimum absolute atomic E-state index is 0.363. The van der Waals surface area contributed by atoms with Crippen LogP contribution in [0.4, 0.5) is 4.39 Å². The summed E-state index contributed by atoms with van der Waals surface area (Å²) in [6.45, 7) is 2.09. The fraction of sp³-hybridized carbons (Fsp3) is 0.240. The predicted molar refractivity (Wildman–Crippen MR) is 126 cm³/mol. The van der Waals surface area contributed by atoms with Crippen LogP contribution >= 0.6 is 0 Å². The van der Waals surface area contributed by atoms with E-state index < -0.39 is 0 Å². The molecule has 0 spiro atoms. The van der Waals surface area contributed by atoms with Crippen LogP contribution in [0.2, 0.25) is 0 Å². The van der Waals surface area contributed by atoms with E-state index in [1.54, 1.807) is 12.3 Å². The molecule has 3 aromatic heterocycles. The van der Waals surface area contributed by atoms with Gasteiger partial charge in [0.2, 0.25) is 0 Å². The normalized spacial score (nSPS) is 14.8. The Balaban J connectivity index is 1.46. The number of aromatic amines is 2. The Morgan fingerprint density at radius 1 is 1.06 bits per heavy atom. The number of methoxy groups -OCH3 is 1. The van der Waals surface area contributed by atoms with Gasteiger partial charge in [-0.05, 0) is 73.3 Å². The monoisotopic (exact) mass is 442 g/mol. The van der Waals surface area contributed by atoms with Gasteiger partial charge >= 0.3 is 0 Å². The molecule has 1 aliphatic rings. The lowest BCUT2D eigenvalue weighted by Crippen LogP contribution is -2.26. The van der Waals surface area contributed by atoms with E-state index in [1.165, 1.54) is 24.8 Å².